The van der Waals surface area contributed by atoms with Gasteiger partial charge in [-0.05, 0) is 18.6 Å². The topological polar surface area (TPSA) is 71.0 Å². The normalized spacial score (nSPS) is 12.3. The summed E-state index contributed by atoms with van der Waals surface area (Å²) in [6.45, 7) is 2.05. The number of phenolic OH excluding ortho intramolecular Hbond substituents is 1. The summed E-state index contributed by atoms with van der Waals surface area (Å²) in [6.07, 6.45) is 2.36. The van der Waals surface area contributed by atoms with Gasteiger partial charge in [-0.15, -0.1) is 5.10 Å². The van der Waals surface area contributed by atoms with Crippen molar-refractivity contribution in [3.8, 4) is 5.75 Å². The summed E-state index contributed by atoms with van der Waals surface area (Å²) in [5, 5.41) is 18.2. The Bertz CT molecular complexity index is 478. The lowest BCUT2D eigenvalue weighted by molar-refractivity contribution is 0.474. The van der Waals surface area contributed by atoms with Crippen molar-refractivity contribution in [3.63, 3.8) is 0 Å². The van der Waals surface area contributed by atoms with Crippen LogP contribution in [0.4, 0.5) is 0 Å². The van der Waals surface area contributed by atoms with Gasteiger partial charge in [0.1, 0.15) is 5.75 Å². The van der Waals surface area contributed by atoms with Crippen LogP contribution in [0.5, 0.6) is 5.75 Å². The number of benzene rings is 1. The molecule has 4 nitrogen and oxygen atoms in total. The van der Waals surface area contributed by atoms with Crippen LogP contribution in [-0.4, -0.2) is 22.2 Å². The zero-order valence-corrected chi connectivity index (χ0v) is 12.1. The third kappa shape index (κ3) is 4.76. The Morgan fingerprint density at radius 2 is 2.22 bits per heavy atom. The molecular formula is C11H13Cl2N3OS. The first kappa shape index (κ1) is 15.1. The number of nitrogens with two attached hydrogens (primary N) is 1. The average molecular weight is 306 g/mol. The molecule has 0 radical (unpaired) electrons. The highest BCUT2D eigenvalue weighted by Crippen LogP contribution is 2.29. The molecule has 0 atom stereocenters. The van der Waals surface area contributed by atoms with Crippen LogP contribution in [0.1, 0.15) is 18.9 Å². The molecule has 3 N–H and O–H groups in total. The summed E-state index contributed by atoms with van der Waals surface area (Å²) >= 11 is 13.0. The second-order valence-electron chi connectivity index (χ2n) is 3.36. The van der Waals surface area contributed by atoms with Crippen molar-refractivity contribution in [2.24, 2.45) is 15.9 Å². The van der Waals surface area contributed by atoms with Crippen molar-refractivity contribution in [1.29, 1.82) is 0 Å². The number of halogens is 2. The zero-order valence-electron chi connectivity index (χ0n) is 9.73. The van der Waals surface area contributed by atoms with Crippen molar-refractivity contribution in [2.45, 2.75) is 13.3 Å². The summed E-state index contributed by atoms with van der Waals surface area (Å²) in [4.78, 5) is 0. The second kappa shape index (κ2) is 7.51. The largest absolute Gasteiger partial charge is 0.506 e. The summed E-state index contributed by atoms with van der Waals surface area (Å²) in [5.41, 5.74) is 6.00. The SMILES string of the molecule is CCCS/C(N)=N/N=C/c1cc(Cl)cc(Cl)c1O. The number of thioether (sulfide) groups is 1. The number of amidine groups is 1. The van der Waals surface area contributed by atoms with Gasteiger partial charge in [-0.2, -0.15) is 5.10 Å². The third-order valence-corrected chi connectivity index (χ3v) is 3.36. The van der Waals surface area contributed by atoms with E-state index in [1.807, 2.05) is 0 Å². The molecule has 1 aromatic rings. The van der Waals surface area contributed by atoms with Crippen LogP contribution in [0.25, 0.3) is 0 Å². The first-order valence-electron chi connectivity index (χ1n) is 5.22. The van der Waals surface area contributed by atoms with E-state index in [4.69, 9.17) is 28.9 Å². The number of nitrogens with zero attached hydrogens (tertiary/aromatic N) is 2. The van der Waals surface area contributed by atoms with Gasteiger partial charge in [0.05, 0.1) is 11.2 Å². The molecule has 0 aliphatic heterocycles. The number of hydrogen-bond donors (Lipinski definition) is 2. The molecule has 1 rings (SSSR count). The van der Waals surface area contributed by atoms with E-state index >= 15 is 0 Å². The molecule has 0 aromatic heterocycles. The lowest BCUT2D eigenvalue weighted by Crippen LogP contribution is -2.06. The van der Waals surface area contributed by atoms with Crippen LogP contribution in [0, 0.1) is 0 Å². The minimum Gasteiger partial charge on any atom is -0.506 e. The fourth-order valence-corrected chi connectivity index (χ4v) is 2.10. The molecule has 0 aliphatic carbocycles. The van der Waals surface area contributed by atoms with Gasteiger partial charge >= 0.3 is 0 Å². The third-order valence-electron chi connectivity index (χ3n) is 1.86. The molecule has 0 saturated heterocycles. The first-order valence-corrected chi connectivity index (χ1v) is 6.96. The van der Waals surface area contributed by atoms with E-state index in [1.54, 1.807) is 0 Å². The molecule has 0 bridgehead atoms. The predicted octanol–water partition coefficient (Wildman–Crippen LogP) is 3.49. The summed E-state index contributed by atoms with van der Waals surface area (Å²) < 4.78 is 0. The molecule has 0 saturated carbocycles. The molecule has 0 aliphatic rings. The summed E-state index contributed by atoms with van der Waals surface area (Å²) in [6, 6.07) is 2.99. The van der Waals surface area contributed by atoms with Crippen molar-refractivity contribution < 1.29 is 5.11 Å². The number of aromatic hydroxyl groups is 1. The maximum atomic E-state index is 9.66. The van der Waals surface area contributed by atoms with Crippen molar-refractivity contribution in [1.82, 2.24) is 0 Å². The molecule has 0 unspecified atom stereocenters. The number of hydrogen-bond acceptors (Lipinski definition) is 4. The van der Waals surface area contributed by atoms with Gasteiger partial charge in [-0.3, -0.25) is 0 Å². The molecule has 0 heterocycles. The van der Waals surface area contributed by atoms with Gasteiger partial charge < -0.3 is 10.8 Å². The van der Waals surface area contributed by atoms with Gasteiger partial charge in [-0.25, -0.2) is 0 Å². The Morgan fingerprint density at radius 1 is 1.50 bits per heavy atom. The van der Waals surface area contributed by atoms with Crippen molar-refractivity contribution >= 4 is 46.3 Å². The molecule has 0 spiro atoms. The van der Waals surface area contributed by atoms with E-state index in [0.717, 1.165) is 12.2 Å². The number of phenols is 1. The minimum atomic E-state index is -0.0835. The smallest absolute Gasteiger partial charge is 0.180 e. The molecule has 18 heavy (non-hydrogen) atoms. The fourth-order valence-electron chi connectivity index (χ4n) is 1.07. The van der Waals surface area contributed by atoms with Crippen LogP contribution >= 0.6 is 35.0 Å². The molecule has 0 amide bonds. The van der Waals surface area contributed by atoms with Gasteiger partial charge in [-0.1, -0.05) is 41.9 Å². The Labute approximate surface area is 120 Å². The Hall–Kier alpha value is -0.910. The Balaban J connectivity index is 2.78. The Morgan fingerprint density at radius 3 is 2.89 bits per heavy atom. The molecule has 0 fully saturated rings. The molecular weight excluding hydrogens is 293 g/mol. The second-order valence-corrected chi connectivity index (χ2v) is 5.32. The van der Waals surface area contributed by atoms with Gasteiger partial charge in [0.25, 0.3) is 0 Å². The average Bonchev–Trinajstić information content (AvgIpc) is 2.32. The minimum absolute atomic E-state index is 0.0835. The maximum absolute atomic E-state index is 9.66. The highest BCUT2D eigenvalue weighted by Gasteiger charge is 2.05. The summed E-state index contributed by atoms with van der Waals surface area (Å²) in [7, 11) is 0. The highest BCUT2D eigenvalue weighted by molar-refractivity contribution is 8.13. The maximum Gasteiger partial charge on any atom is 0.180 e. The van der Waals surface area contributed by atoms with Crippen molar-refractivity contribution in [3.05, 3.63) is 27.7 Å². The Kier molecular flexibility index (Phi) is 6.32. The van der Waals surface area contributed by atoms with Gasteiger partial charge in [0.2, 0.25) is 0 Å². The highest BCUT2D eigenvalue weighted by atomic mass is 35.5. The van der Waals surface area contributed by atoms with Gasteiger partial charge in [0, 0.05) is 16.3 Å². The van der Waals surface area contributed by atoms with Crippen LogP contribution in [-0.2, 0) is 0 Å². The van der Waals surface area contributed by atoms with Crippen LogP contribution < -0.4 is 5.73 Å². The lowest BCUT2D eigenvalue weighted by atomic mass is 10.2. The quantitative estimate of drug-likeness (QED) is 0.508. The van der Waals surface area contributed by atoms with Crippen molar-refractivity contribution in [2.75, 3.05) is 5.75 Å². The molecule has 7 heteroatoms. The van der Waals surface area contributed by atoms with Crippen LogP contribution in [0.3, 0.4) is 0 Å². The number of rotatable bonds is 4. The van der Waals surface area contributed by atoms with E-state index in [-0.39, 0.29) is 10.8 Å². The van der Waals surface area contributed by atoms with Gasteiger partial charge in [0.15, 0.2) is 5.17 Å². The standard InChI is InChI=1S/C11H13Cl2N3OS/c1-2-3-18-11(14)16-15-6-7-4-8(12)5-9(13)10(7)17/h4-6,17H,2-3H2,1H3,(H2,14,16)/b15-6+. The van der Waals surface area contributed by atoms with Crippen LogP contribution in [0.2, 0.25) is 10.0 Å². The van der Waals surface area contributed by atoms with E-state index < -0.39 is 0 Å². The first-order chi connectivity index (χ1) is 8.54. The molecule has 1 aromatic carbocycles. The lowest BCUT2D eigenvalue weighted by Gasteiger charge is -2.01. The van der Waals surface area contributed by atoms with E-state index in [2.05, 4.69) is 17.1 Å². The van der Waals surface area contributed by atoms with E-state index in [0.29, 0.717) is 15.8 Å². The van der Waals surface area contributed by atoms with E-state index in [1.165, 1.54) is 30.1 Å². The fraction of sp³-hybridized carbons (Fsp3) is 0.273. The van der Waals surface area contributed by atoms with E-state index in [9.17, 15) is 5.11 Å². The molecule has 98 valence electrons. The van der Waals surface area contributed by atoms with Crippen LogP contribution in [0.15, 0.2) is 22.3 Å². The summed E-state index contributed by atoms with van der Waals surface area (Å²) in [5.74, 6) is 0.804. The zero-order chi connectivity index (χ0) is 13.5. The predicted molar refractivity (Wildman–Crippen MR) is 80.1 cm³/mol. The monoisotopic (exact) mass is 305 g/mol.